The molecule has 0 heterocycles. The molecule has 83 valence electrons. The molecule has 1 aromatic carbocycles. The molecule has 1 aromatic rings. The molecule has 0 aliphatic rings. The van der Waals surface area contributed by atoms with Gasteiger partial charge in [0.1, 0.15) is 0 Å². The molecule has 0 saturated heterocycles. The zero-order valence-corrected chi connectivity index (χ0v) is 9.97. The van der Waals surface area contributed by atoms with Crippen LogP contribution in [0.1, 0.15) is 49.7 Å². The van der Waals surface area contributed by atoms with Crippen LogP contribution in [0.15, 0.2) is 24.3 Å². The van der Waals surface area contributed by atoms with E-state index >= 15 is 0 Å². The average Bonchev–Trinajstić information content (AvgIpc) is 2.25. The molecule has 0 amide bonds. The van der Waals surface area contributed by atoms with Crippen molar-refractivity contribution in [3.8, 4) is 0 Å². The summed E-state index contributed by atoms with van der Waals surface area (Å²) in [6.45, 7) is 6.07. The van der Waals surface area contributed by atoms with Crippen LogP contribution >= 0.6 is 0 Å². The molecule has 15 heavy (non-hydrogen) atoms. The van der Waals surface area contributed by atoms with E-state index in [1.807, 2.05) is 0 Å². The first kappa shape index (κ1) is 12.3. The van der Waals surface area contributed by atoms with Gasteiger partial charge in [-0.05, 0) is 30.9 Å². The lowest BCUT2D eigenvalue weighted by Crippen LogP contribution is -1.89. The third-order valence-corrected chi connectivity index (χ3v) is 2.96. The molecule has 0 fully saturated rings. The molecule has 0 saturated carbocycles. The first-order valence-corrected chi connectivity index (χ1v) is 6.18. The van der Waals surface area contributed by atoms with Crippen molar-refractivity contribution in [2.75, 3.05) is 0 Å². The highest BCUT2D eigenvalue weighted by Crippen LogP contribution is 2.12. The van der Waals surface area contributed by atoms with E-state index < -0.39 is 0 Å². The predicted octanol–water partition coefficient (Wildman–Crippen LogP) is 4.71. The van der Waals surface area contributed by atoms with Gasteiger partial charge in [0.15, 0.2) is 0 Å². The molecule has 0 atom stereocenters. The first-order valence-electron chi connectivity index (χ1n) is 6.18. The van der Waals surface area contributed by atoms with Crippen molar-refractivity contribution < 1.29 is 0 Å². The summed E-state index contributed by atoms with van der Waals surface area (Å²) in [4.78, 5) is 0. The molecule has 0 aromatic heterocycles. The Morgan fingerprint density at radius 3 is 2.33 bits per heavy atom. The standard InChI is InChI=1S/C15H23/c1-3-4-5-6-7-8-12-15-13-10-9-11-14(15)2/h9-11,13H,1,3-8,12H2,2H3. The zero-order valence-electron chi connectivity index (χ0n) is 9.97. The Morgan fingerprint density at radius 2 is 1.60 bits per heavy atom. The van der Waals surface area contributed by atoms with E-state index in [9.17, 15) is 0 Å². The van der Waals surface area contributed by atoms with E-state index in [1.165, 1.54) is 49.7 Å². The van der Waals surface area contributed by atoms with E-state index in [2.05, 4.69) is 38.1 Å². The summed E-state index contributed by atoms with van der Waals surface area (Å²) in [5.41, 5.74) is 2.96. The molecule has 0 heteroatoms. The van der Waals surface area contributed by atoms with Crippen molar-refractivity contribution in [3.63, 3.8) is 0 Å². The Kier molecular flexibility index (Phi) is 6.15. The Labute approximate surface area is 94.7 Å². The fraction of sp³-hybridized carbons (Fsp3) is 0.533. The minimum atomic E-state index is 1.10. The van der Waals surface area contributed by atoms with Crippen molar-refractivity contribution in [1.29, 1.82) is 0 Å². The topological polar surface area (TPSA) is 0 Å². The molecule has 0 nitrogen and oxygen atoms in total. The summed E-state index contributed by atoms with van der Waals surface area (Å²) >= 11 is 0. The maximum absolute atomic E-state index is 3.86. The van der Waals surface area contributed by atoms with Gasteiger partial charge in [-0.2, -0.15) is 0 Å². The lowest BCUT2D eigenvalue weighted by molar-refractivity contribution is 0.616. The summed E-state index contributed by atoms with van der Waals surface area (Å²) in [6, 6.07) is 8.72. The monoisotopic (exact) mass is 203 g/mol. The van der Waals surface area contributed by atoms with Gasteiger partial charge in [-0.15, -0.1) is 0 Å². The third-order valence-electron chi connectivity index (χ3n) is 2.96. The van der Waals surface area contributed by atoms with E-state index in [0.717, 1.165) is 6.42 Å². The summed E-state index contributed by atoms with van der Waals surface area (Å²) < 4.78 is 0. The van der Waals surface area contributed by atoms with E-state index in [1.54, 1.807) is 0 Å². The zero-order chi connectivity index (χ0) is 10.9. The summed E-state index contributed by atoms with van der Waals surface area (Å²) in [6.07, 6.45) is 9.08. The number of hydrogen-bond acceptors (Lipinski definition) is 0. The Balaban J connectivity index is 2.12. The fourth-order valence-electron chi connectivity index (χ4n) is 1.91. The fourth-order valence-corrected chi connectivity index (χ4v) is 1.91. The van der Waals surface area contributed by atoms with Crippen LogP contribution in [0.3, 0.4) is 0 Å². The number of aryl methyl sites for hydroxylation is 2. The second-order valence-corrected chi connectivity index (χ2v) is 4.30. The van der Waals surface area contributed by atoms with Crippen LogP contribution in [0.25, 0.3) is 0 Å². The maximum atomic E-state index is 3.86. The van der Waals surface area contributed by atoms with Crippen LogP contribution in [0.2, 0.25) is 0 Å². The van der Waals surface area contributed by atoms with E-state index in [0.29, 0.717) is 0 Å². The molecule has 0 N–H and O–H groups in total. The number of benzene rings is 1. The van der Waals surface area contributed by atoms with Crippen molar-refractivity contribution in [1.82, 2.24) is 0 Å². The predicted molar refractivity (Wildman–Crippen MR) is 67.9 cm³/mol. The summed E-state index contributed by atoms with van der Waals surface area (Å²) in [7, 11) is 0. The normalized spacial score (nSPS) is 10.5. The number of unbranched alkanes of at least 4 members (excludes halogenated alkanes) is 5. The molecule has 0 spiro atoms. The summed E-state index contributed by atoms with van der Waals surface area (Å²) in [5, 5.41) is 0. The molecular weight excluding hydrogens is 180 g/mol. The Bertz CT molecular complexity index is 262. The van der Waals surface area contributed by atoms with Gasteiger partial charge < -0.3 is 0 Å². The lowest BCUT2D eigenvalue weighted by atomic mass is 10.0. The number of rotatable bonds is 7. The van der Waals surface area contributed by atoms with Gasteiger partial charge in [-0.1, -0.05) is 63.3 Å². The Morgan fingerprint density at radius 1 is 0.933 bits per heavy atom. The van der Waals surface area contributed by atoms with Crippen LogP contribution in [-0.4, -0.2) is 0 Å². The van der Waals surface area contributed by atoms with Crippen LogP contribution < -0.4 is 0 Å². The average molecular weight is 203 g/mol. The molecular formula is C15H23. The highest BCUT2D eigenvalue weighted by Gasteiger charge is 1.96. The van der Waals surface area contributed by atoms with Gasteiger partial charge in [0.05, 0.1) is 0 Å². The molecule has 0 unspecified atom stereocenters. The van der Waals surface area contributed by atoms with Crippen LogP contribution in [0.4, 0.5) is 0 Å². The SMILES string of the molecule is [CH2]CCCCCCCc1ccccc1C. The minimum Gasteiger partial charge on any atom is -0.0620 e. The first-order chi connectivity index (χ1) is 7.34. The Hall–Kier alpha value is -0.780. The second kappa shape index (κ2) is 7.50. The smallest absolute Gasteiger partial charge is 0.0276 e. The molecule has 0 aliphatic carbocycles. The minimum absolute atomic E-state index is 1.10. The molecule has 0 aliphatic heterocycles. The highest BCUT2D eigenvalue weighted by molar-refractivity contribution is 5.25. The van der Waals surface area contributed by atoms with Crippen molar-refractivity contribution >= 4 is 0 Å². The van der Waals surface area contributed by atoms with Gasteiger partial charge in [-0.25, -0.2) is 0 Å². The second-order valence-electron chi connectivity index (χ2n) is 4.30. The molecule has 1 radical (unpaired) electrons. The van der Waals surface area contributed by atoms with Crippen LogP contribution in [0, 0.1) is 13.8 Å². The quantitative estimate of drug-likeness (QED) is 0.563. The summed E-state index contributed by atoms with van der Waals surface area (Å²) in [5.74, 6) is 0. The van der Waals surface area contributed by atoms with Gasteiger partial charge in [0, 0.05) is 0 Å². The number of hydrogen-bond donors (Lipinski definition) is 0. The maximum Gasteiger partial charge on any atom is -0.0276 e. The molecule has 0 bridgehead atoms. The van der Waals surface area contributed by atoms with E-state index in [-0.39, 0.29) is 0 Å². The third kappa shape index (κ3) is 5.01. The van der Waals surface area contributed by atoms with Crippen molar-refractivity contribution in [2.45, 2.75) is 51.9 Å². The highest BCUT2D eigenvalue weighted by atomic mass is 14.0. The van der Waals surface area contributed by atoms with Gasteiger partial charge in [0.2, 0.25) is 0 Å². The molecule has 1 rings (SSSR count). The lowest BCUT2D eigenvalue weighted by Gasteiger charge is -2.04. The van der Waals surface area contributed by atoms with Crippen molar-refractivity contribution in [2.24, 2.45) is 0 Å². The van der Waals surface area contributed by atoms with Gasteiger partial charge >= 0.3 is 0 Å². The van der Waals surface area contributed by atoms with Crippen molar-refractivity contribution in [3.05, 3.63) is 42.3 Å². The van der Waals surface area contributed by atoms with Gasteiger partial charge in [0.25, 0.3) is 0 Å². The van der Waals surface area contributed by atoms with Crippen LogP contribution in [0.5, 0.6) is 0 Å². The van der Waals surface area contributed by atoms with E-state index in [4.69, 9.17) is 0 Å². The van der Waals surface area contributed by atoms with Gasteiger partial charge in [-0.3, -0.25) is 0 Å². The largest absolute Gasteiger partial charge is 0.0620 e. The van der Waals surface area contributed by atoms with Crippen LogP contribution in [-0.2, 0) is 6.42 Å².